The highest BCUT2D eigenvalue weighted by molar-refractivity contribution is 5.92. The zero-order valence-electron chi connectivity index (χ0n) is 13.8. The molecule has 22 heavy (non-hydrogen) atoms. The molecule has 0 fully saturated rings. The van der Waals surface area contributed by atoms with Crippen LogP contribution in [-0.4, -0.2) is 20.1 Å². The van der Waals surface area contributed by atoms with E-state index in [9.17, 15) is 9.70 Å². The second kappa shape index (κ2) is 9.92. The van der Waals surface area contributed by atoms with Gasteiger partial charge in [-0.25, -0.2) is 4.79 Å². The van der Waals surface area contributed by atoms with Crippen molar-refractivity contribution < 1.29 is 9.63 Å². The van der Waals surface area contributed by atoms with E-state index < -0.39 is 5.97 Å². The number of nitrogens with zero attached hydrogens (tertiary/aromatic N) is 2. The van der Waals surface area contributed by atoms with Gasteiger partial charge in [-0.15, -0.1) is 4.91 Å². The van der Waals surface area contributed by atoms with Crippen LogP contribution in [-0.2, 0) is 11.3 Å². The second-order valence-electron chi connectivity index (χ2n) is 5.67. The number of rotatable bonds is 10. The molecule has 0 atom stereocenters. The van der Waals surface area contributed by atoms with Crippen LogP contribution >= 0.6 is 0 Å². The normalized spacial score (nSPS) is 10.3. The van der Waals surface area contributed by atoms with E-state index in [0.717, 1.165) is 30.5 Å². The first-order valence-corrected chi connectivity index (χ1v) is 7.95. The smallest absolute Gasteiger partial charge is 0.369 e. The van der Waals surface area contributed by atoms with Gasteiger partial charge in [0.15, 0.2) is 5.34 Å². The summed E-state index contributed by atoms with van der Waals surface area (Å²) in [5.74, 6) is -0.681. The van der Waals surface area contributed by atoms with Crippen molar-refractivity contribution in [2.75, 3.05) is 19.0 Å². The minimum absolute atomic E-state index is 0.430. The van der Waals surface area contributed by atoms with Crippen LogP contribution in [0.25, 0.3) is 0 Å². The van der Waals surface area contributed by atoms with Gasteiger partial charge in [-0.3, -0.25) is 4.84 Å². The molecule has 5 nitrogen and oxygen atoms in total. The van der Waals surface area contributed by atoms with E-state index in [0.29, 0.717) is 5.56 Å². The average Bonchev–Trinajstić information content (AvgIpc) is 2.50. The first-order chi connectivity index (χ1) is 10.6. The van der Waals surface area contributed by atoms with Gasteiger partial charge in [-0.1, -0.05) is 45.1 Å². The maximum Gasteiger partial charge on any atom is 0.369 e. The summed E-state index contributed by atoms with van der Waals surface area (Å²) >= 11 is 0. The van der Waals surface area contributed by atoms with Crippen molar-refractivity contribution >= 4 is 11.7 Å². The molecule has 0 heterocycles. The van der Waals surface area contributed by atoms with Crippen molar-refractivity contribution in [1.82, 2.24) is 0 Å². The number of benzene rings is 1. The maximum atomic E-state index is 11.9. The molecule has 0 aromatic heterocycles. The van der Waals surface area contributed by atoms with Gasteiger partial charge in [0.05, 0.1) is 5.56 Å². The fourth-order valence-corrected chi connectivity index (χ4v) is 2.61. The molecular weight excluding hydrogens is 280 g/mol. The molecule has 0 aliphatic rings. The number of carbonyl (C=O) groups excluding carboxylic acids is 1. The highest BCUT2D eigenvalue weighted by Crippen LogP contribution is 2.25. The maximum absolute atomic E-state index is 11.9. The molecule has 0 N–H and O–H groups in total. The van der Waals surface area contributed by atoms with Crippen molar-refractivity contribution in [2.45, 2.75) is 51.9 Å². The molecular formula is C17H26N2O3. The molecule has 1 aromatic rings. The summed E-state index contributed by atoms with van der Waals surface area (Å²) in [6.45, 7) is 2.20. The lowest BCUT2D eigenvalue weighted by Gasteiger charge is -2.19. The summed E-state index contributed by atoms with van der Waals surface area (Å²) in [4.78, 5) is 28.3. The van der Waals surface area contributed by atoms with Gasteiger partial charge in [0.25, 0.3) is 0 Å². The summed E-state index contributed by atoms with van der Waals surface area (Å²) in [6.07, 6.45) is 7.94. The van der Waals surface area contributed by atoms with Gasteiger partial charge in [-0.05, 0) is 30.5 Å². The van der Waals surface area contributed by atoms with Gasteiger partial charge >= 0.3 is 5.97 Å². The predicted molar refractivity (Wildman–Crippen MR) is 89.1 cm³/mol. The van der Waals surface area contributed by atoms with Crippen LogP contribution in [0.1, 0.15) is 61.4 Å². The highest BCUT2D eigenvalue weighted by Gasteiger charge is 2.17. The molecule has 122 valence electrons. The number of hydrogen-bond acceptors (Lipinski definition) is 5. The lowest BCUT2D eigenvalue weighted by Crippen LogP contribution is -2.15. The molecule has 0 saturated heterocycles. The van der Waals surface area contributed by atoms with E-state index in [1.165, 1.54) is 25.7 Å². The van der Waals surface area contributed by atoms with Gasteiger partial charge in [-0.2, -0.15) is 0 Å². The van der Waals surface area contributed by atoms with Crippen LogP contribution < -0.4 is 4.90 Å². The third kappa shape index (κ3) is 5.47. The van der Waals surface area contributed by atoms with E-state index >= 15 is 0 Å². The minimum atomic E-state index is -0.681. The molecule has 5 heteroatoms. The van der Waals surface area contributed by atoms with Crippen molar-refractivity contribution in [2.24, 2.45) is 5.34 Å². The van der Waals surface area contributed by atoms with Gasteiger partial charge in [0.2, 0.25) is 0 Å². The van der Waals surface area contributed by atoms with E-state index in [1.807, 2.05) is 25.1 Å². The molecule has 0 radical (unpaired) electrons. The molecule has 0 spiro atoms. The van der Waals surface area contributed by atoms with Gasteiger partial charge < -0.3 is 4.90 Å². The Morgan fingerprint density at radius 2 is 1.82 bits per heavy atom. The Morgan fingerprint density at radius 1 is 1.14 bits per heavy atom. The zero-order valence-corrected chi connectivity index (χ0v) is 13.8. The lowest BCUT2D eigenvalue weighted by molar-refractivity contribution is 0.0507. The Morgan fingerprint density at radius 3 is 2.45 bits per heavy atom. The predicted octanol–water partition coefficient (Wildman–Crippen LogP) is 4.49. The monoisotopic (exact) mass is 306 g/mol. The van der Waals surface area contributed by atoms with Crippen LogP contribution in [0.3, 0.4) is 0 Å². The number of hydrogen-bond donors (Lipinski definition) is 0. The Labute approximate surface area is 132 Å². The van der Waals surface area contributed by atoms with Crippen molar-refractivity contribution in [3.05, 3.63) is 34.2 Å². The fraction of sp³-hybridized carbons (Fsp3) is 0.588. The summed E-state index contributed by atoms with van der Waals surface area (Å²) < 4.78 is 0. The number of unbranched alkanes of at least 4 members (excludes halogenated alkanes) is 5. The van der Waals surface area contributed by atoms with Crippen molar-refractivity contribution in [3.8, 4) is 0 Å². The zero-order chi connectivity index (χ0) is 16.4. The van der Waals surface area contributed by atoms with E-state index in [4.69, 9.17) is 0 Å². The van der Waals surface area contributed by atoms with Crippen molar-refractivity contribution in [3.63, 3.8) is 0 Å². The van der Waals surface area contributed by atoms with Crippen LogP contribution in [0.5, 0.6) is 0 Å². The molecule has 0 aliphatic carbocycles. The van der Waals surface area contributed by atoms with E-state index in [-0.39, 0.29) is 0 Å². The molecule has 0 saturated carbocycles. The van der Waals surface area contributed by atoms with Crippen LogP contribution in [0.2, 0.25) is 0 Å². The lowest BCUT2D eigenvalue weighted by atomic mass is 9.98. The third-order valence-electron chi connectivity index (χ3n) is 3.75. The largest absolute Gasteiger partial charge is 0.377 e. The Hall–Kier alpha value is -1.91. The quantitative estimate of drug-likeness (QED) is 0.363. The SMILES string of the molecule is CCCCCCCCc1c(C(=O)ON=O)cccc1N(C)C. The highest BCUT2D eigenvalue weighted by atomic mass is 16.7. The van der Waals surface area contributed by atoms with Crippen LogP contribution in [0.4, 0.5) is 5.69 Å². The number of anilines is 1. The van der Waals surface area contributed by atoms with Crippen LogP contribution in [0.15, 0.2) is 23.5 Å². The molecule has 0 aliphatic heterocycles. The van der Waals surface area contributed by atoms with Gasteiger partial charge in [0, 0.05) is 19.8 Å². The average molecular weight is 306 g/mol. The van der Waals surface area contributed by atoms with Crippen molar-refractivity contribution in [1.29, 1.82) is 0 Å². The molecule has 0 amide bonds. The second-order valence-corrected chi connectivity index (χ2v) is 5.67. The van der Waals surface area contributed by atoms with Gasteiger partial charge in [0.1, 0.15) is 0 Å². The topological polar surface area (TPSA) is 59.0 Å². The Kier molecular flexibility index (Phi) is 8.18. The first-order valence-electron chi connectivity index (χ1n) is 7.95. The summed E-state index contributed by atoms with van der Waals surface area (Å²) in [5.41, 5.74) is 2.34. The summed E-state index contributed by atoms with van der Waals surface area (Å²) in [5, 5.41) is 2.24. The third-order valence-corrected chi connectivity index (χ3v) is 3.75. The summed E-state index contributed by atoms with van der Waals surface area (Å²) in [7, 11) is 3.88. The fourth-order valence-electron chi connectivity index (χ4n) is 2.61. The minimum Gasteiger partial charge on any atom is -0.377 e. The molecule has 0 bridgehead atoms. The van der Waals surface area contributed by atoms with E-state index in [2.05, 4.69) is 17.1 Å². The van der Waals surface area contributed by atoms with Crippen LogP contribution in [0, 0.1) is 4.91 Å². The Bertz CT molecular complexity index is 487. The first kappa shape index (κ1) is 18.1. The standard InChI is InChI=1S/C17H26N2O3/c1-4-5-6-7-8-9-11-14-15(17(20)22-18-21)12-10-13-16(14)19(2)3/h10,12-13H,4-9,11H2,1-3H3. The van der Waals surface area contributed by atoms with E-state index in [1.54, 1.807) is 12.1 Å². The molecule has 1 rings (SSSR count). The number of carbonyl (C=O) groups is 1. The Balaban J connectivity index is 2.79. The molecule has 0 unspecified atom stereocenters. The molecule has 1 aromatic carbocycles. The summed E-state index contributed by atoms with van der Waals surface area (Å²) in [6, 6.07) is 5.45.